The molecule has 2 saturated heterocycles. The van der Waals surface area contributed by atoms with Gasteiger partial charge in [-0.3, -0.25) is 9.69 Å². The van der Waals surface area contributed by atoms with E-state index in [-0.39, 0.29) is 23.6 Å². The minimum absolute atomic E-state index is 0.0742. The molecule has 198 valence electrons. The highest BCUT2D eigenvalue weighted by molar-refractivity contribution is 5.66. The summed E-state index contributed by atoms with van der Waals surface area (Å²) in [6.07, 6.45) is 13.7. The molecular weight excluding hydrogens is 436 g/mol. The van der Waals surface area contributed by atoms with Crippen molar-refractivity contribution < 1.29 is 19.1 Å². The third-order valence-corrected chi connectivity index (χ3v) is 12.9. The number of hydrogen-bond acceptors (Lipinski definition) is 4. The molecule has 5 heteroatoms. The predicted molar refractivity (Wildman–Crippen MR) is 138 cm³/mol. The van der Waals surface area contributed by atoms with E-state index in [0.717, 1.165) is 22.7 Å². The average Bonchev–Trinajstić information content (AvgIpc) is 3.54. The van der Waals surface area contributed by atoms with Crippen molar-refractivity contribution in [1.82, 2.24) is 4.90 Å². The summed E-state index contributed by atoms with van der Waals surface area (Å²) in [5.41, 5.74) is 0.463. The molecule has 0 bridgehead atoms. The number of aliphatic hydroxyl groups excluding tert-OH is 1. The fraction of sp³-hybridized carbons (Fsp3) is 0.967. The highest BCUT2D eigenvalue weighted by atomic mass is 16.5. The Morgan fingerprint density at radius 3 is 2.37 bits per heavy atom. The van der Waals surface area contributed by atoms with Crippen LogP contribution in [0, 0.1) is 34.5 Å². The van der Waals surface area contributed by atoms with E-state index in [0.29, 0.717) is 29.3 Å². The van der Waals surface area contributed by atoms with Gasteiger partial charge in [-0.2, -0.15) is 0 Å². The molecule has 4 saturated carbocycles. The van der Waals surface area contributed by atoms with Crippen LogP contribution in [-0.4, -0.2) is 78.0 Å². The van der Waals surface area contributed by atoms with E-state index in [4.69, 9.17) is 4.74 Å². The summed E-state index contributed by atoms with van der Waals surface area (Å²) in [6.45, 7) is 11.6. The Kier molecular flexibility index (Phi) is 6.13. The molecule has 6 aliphatic rings. The van der Waals surface area contributed by atoms with Crippen LogP contribution in [0.3, 0.4) is 0 Å². The van der Waals surface area contributed by atoms with Crippen molar-refractivity contribution in [2.45, 2.75) is 116 Å². The smallest absolute Gasteiger partial charge is 0.303 e. The third-order valence-electron chi connectivity index (χ3n) is 12.9. The molecule has 6 fully saturated rings. The van der Waals surface area contributed by atoms with E-state index < -0.39 is 0 Å². The Hall–Kier alpha value is -0.650. The van der Waals surface area contributed by atoms with E-state index in [9.17, 15) is 9.90 Å². The van der Waals surface area contributed by atoms with Crippen LogP contribution >= 0.6 is 0 Å². The molecule has 0 aromatic carbocycles. The number of likely N-dealkylation sites (N-methyl/N-ethyl adjacent to an activating group) is 1. The molecule has 6 rings (SSSR count). The van der Waals surface area contributed by atoms with Gasteiger partial charge in [-0.15, -0.1) is 0 Å². The van der Waals surface area contributed by atoms with Gasteiger partial charge >= 0.3 is 5.97 Å². The quantitative estimate of drug-likeness (QED) is 0.466. The van der Waals surface area contributed by atoms with Gasteiger partial charge < -0.3 is 14.3 Å². The Morgan fingerprint density at radius 2 is 1.69 bits per heavy atom. The molecule has 1 N–H and O–H groups in total. The molecule has 35 heavy (non-hydrogen) atoms. The number of carbonyl (C=O) groups excluding carboxylic acids is 1. The Morgan fingerprint density at radius 1 is 0.971 bits per heavy atom. The maximum absolute atomic E-state index is 12.3. The molecule has 0 radical (unpaired) electrons. The number of fused-ring (bicyclic) bond motifs is 5. The van der Waals surface area contributed by atoms with E-state index in [1.807, 2.05) is 0 Å². The van der Waals surface area contributed by atoms with Crippen LogP contribution < -0.4 is 0 Å². The first-order valence-corrected chi connectivity index (χ1v) is 15.1. The number of aliphatic hydroxyl groups is 1. The minimum atomic E-state index is -0.139. The third kappa shape index (κ3) is 3.76. The first-order valence-electron chi connectivity index (χ1n) is 15.1. The number of ether oxygens (including phenoxy) is 1. The average molecular weight is 488 g/mol. The van der Waals surface area contributed by atoms with Crippen LogP contribution in [0.15, 0.2) is 0 Å². The zero-order valence-corrected chi connectivity index (χ0v) is 22.9. The van der Waals surface area contributed by atoms with E-state index in [1.165, 1.54) is 90.4 Å². The van der Waals surface area contributed by atoms with Crippen molar-refractivity contribution in [2.24, 2.45) is 34.5 Å². The molecular formula is C30H51N2O3+. The molecule has 0 amide bonds. The highest BCUT2D eigenvalue weighted by Crippen LogP contribution is 2.67. The van der Waals surface area contributed by atoms with Crippen molar-refractivity contribution in [3.05, 3.63) is 0 Å². The van der Waals surface area contributed by atoms with Gasteiger partial charge in [0.15, 0.2) is 6.10 Å². The van der Waals surface area contributed by atoms with Gasteiger partial charge in [0.2, 0.25) is 0 Å². The lowest BCUT2D eigenvalue weighted by molar-refractivity contribution is -0.924. The molecule has 0 aromatic heterocycles. The minimum Gasteiger partial charge on any atom is -0.456 e. The summed E-state index contributed by atoms with van der Waals surface area (Å²) in [5, 5.41) is 11.2. The van der Waals surface area contributed by atoms with Crippen LogP contribution in [0.2, 0.25) is 0 Å². The monoisotopic (exact) mass is 487 g/mol. The SMILES string of the molecule is CC(=O)O[C@@H]1[C@@H]([N+]2(C)CCCC2)CC2C3CC[C@H]4C[C@H](O)[C@@H](N5CCCC5)C[C@]4(C)C3CC[C@@]21C. The Bertz CT molecular complexity index is 820. The van der Waals surface area contributed by atoms with Crippen molar-refractivity contribution in [3.63, 3.8) is 0 Å². The predicted octanol–water partition coefficient (Wildman–Crippen LogP) is 4.61. The van der Waals surface area contributed by atoms with E-state index in [2.05, 4.69) is 25.8 Å². The number of nitrogens with zero attached hydrogens (tertiary/aromatic N) is 2. The van der Waals surface area contributed by atoms with E-state index >= 15 is 0 Å². The lowest BCUT2D eigenvalue weighted by atomic mass is 9.44. The summed E-state index contributed by atoms with van der Waals surface area (Å²) < 4.78 is 7.41. The largest absolute Gasteiger partial charge is 0.456 e. The second kappa shape index (κ2) is 8.70. The number of esters is 1. The Labute approximate surface area is 213 Å². The van der Waals surface area contributed by atoms with Crippen LogP contribution in [0.4, 0.5) is 0 Å². The maximum atomic E-state index is 12.3. The lowest BCUT2D eigenvalue weighted by Gasteiger charge is -2.62. The van der Waals surface area contributed by atoms with Crippen LogP contribution in [0.25, 0.3) is 0 Å². The van der Waals surface area contributed by atoms with Crippen molar-refractivity contribution in [1.29, 1.82) is 0 Å². The summed E-state index contributed by atoms with van der Waals surface area (Å²) in [4.78, 5) is 15.0. The van der Waals surface area contributed by atoms with Gasteiger partial charge in [0.05, 0.1) is 26.2 Å². The van der Waals surface area contributed by atoms with Gasteiger partial charge in [-0.1, -0.05) is 13.8 Å². The van der Waals surface area contributed by atoms with Gasteiger partial charge in [0.1, 0.15) is 6.04 Å². The highest BCUT2D eigenvalue weighted by Gasteiger charge is 2.67. The number of hydrogen-bond donors (Lipinski definition) is 1. The number of likely N-dealkylation sites (tertiary alicyclic amines) is 2. The van der Waals surface area contributed by atoms with Crippen molar-refractivity contribution >= 4 is 5.97 Å². The molecule has 3 unspecified atom stereocenters. The topological polar surface area (TPSA) is 49.8 Å². The van der Waals surface area contributed by atoms with Gasteiger partial charge in [-0.05, 0) is 93.5 Å². The van der Waals surface area contributed by atoms with Gasteiger partial charge in [0.25, 0.3) is 0 Å². The number of carbonyl (C=O) groups is 1. The normalized spacial score (nSPS) is 51.5. The zero-order valence-electron chi connectivity index (χ0n) is 22.9. The Balaban J connectivity index is 1.30. The summed E-state index contributed by atoms with van der Waals surface area (Å²) in [7, 11) is 2.45. The van der Waals surface area contributed by atoms with Crippen LogP contribution in [-0.2, 0) is 9.53 Å². The molecule has 2 heterocycles. The summed E-state index contributed by atoms with van der Waals surface area (Å²) in [6, 6.07) is 0.830. The second-order valence-electron chi connectivity index (χ2n) is 14.5. The standard InChI is InChI=1S/C30H51N2O3/c1-20(33)35-28-26(32(4)15-7-8-16-32)18-24-22-10-9-21-17-27(34)25(31-13-5-6-14-31)19-30(21,3)23(22)11-12-29(24,28)2/h21-28,34H,5-19H2,1-4H3/q+1/t21-,22?,23?,24?,25-,26-,27-,28+,29-,30-/m0/s1. The molecule has 10 atom stereocenters. The van der Waals surface area contributed by atoms with Crippen molar-refractivity contribution in [2.75, 3.05) is 33.2 Å². The fourth-order valence-electron chi connectivity index (χ4n) is 11.1. The van der Waals surface area contributed by atoms with Crippen LogP contribution in [0.5, 0.6) is 0 Å². The van der Waals surface area contributed by atoms with Gasteiger partial charge in [-0.25, -0.2) is 0 Å². The first-order chi connectivity index (χ1) is 16.7. The first kappa shape index (κ1) is 24.7. The second-order valence-corrected chi connectivity index (χ2v) is 14.5. The number of rotatable bonds is 3. The molecule has 5 nitrogen and oxygen atoms in total. The van der Waals surface area contributed by atoms with Gasteiger partial charge in [0, 0.05) is 37.6 Å². The van der Waals surface area contributed by atoms with Crippen molar-refractivity contribution in [3.8, 4) is 0 Å². The van der Waals surface area contributed by atoms with Crippen LogP contribution in [0.1, 0.15) is 91.4 Å². The fourth-order valence-corrected chi connectivity index (χ4v) is 11.1. The van der Waals surface area contributed by atoms with E-state index in [1.54, 1.807) is 6.92 Å². The molecule has 2 aliphatic heterocycles. The lowest BCUT2D eigenvalue weighted by Crippen LogP contribution is -2.60. The number of quaternary nitrogens is 1. The molecule has 0 aromatic rings. The molecule has 0 spiro atoms. The molecule has 4 aliphatic carbocycles. The maximum Gasteiger partial charge on any atom is 0.303 e. The summed E-state index contributed by atoms with van der Waals surface area (Å²) in [5.74, 6) is 2.77. The summed E-state index contributed by atoms with van der Waals surface area (Å²) >= 11 is 0. The zero-order chi connectivity index (χ0) is 24.6.